The van der Waals surface area contributed by atoms with Crippen LogP contribution in [-0.4, -0.2) is 18.1 Å². The van der Waals surface area contributed by atoms with Crippen molar-refractivity contribution in [2.75, 3.05) is 12.4 Å². The summed E-state index contributed by atoms with van der Waals surface area (Å²) in [4.78, 5) is 12.1. The van der Waals surface area contributed by atoms with Crippen molar-refractivity contribution in [1.82, 2.24) is 0 Å². The second kappa shape index (κ2) is 5.92. The lowest BCUT2D eigenvalue weighted by Crippen LogP contribution is -2.12. The molecule has 0 radical (unpaired) electrons. The van der Waals surface area contributed by atoms with Gasteiger partial charge in [-0.1, -0.05) is 0 Å². The number of hydrogen-bond donors (Lipinski definition) is 2. The number of hydrogen-bond acceptors (Lipinski definition) is 3. The van der Waals surface area contributed by atoms with E-state index in [-0.39, 0.29) is 17.0 Å². The molecule has 20 heavy (non-hydrogen) atoms. The molecule has 0 fully saturated rings. The van der Waals surface area contributed by atoms with Gasteiger partial charge in [-0.3, -0.25) is 4.79 Å². The number of aromatic hydroxyl groups is 1. The Kier molecular flexibility index (Phi) is 4.24. The van der Waals surface area contributed by atoms with Gasteiger partial charge >= 0.3 is 0 Å². The van der Waals surface area contributed by atoms with Crippen molar-refractivity contribution < 1.29 is 19.0 Å². The number of phenolic OH excluding ortho intramolecular Hbond substituents is 1. The fraction of sp³-hybridized carbons (Fsp3) is 0.0714. The number of carbonyl (C=O) groups excluding carboxylic acids is 1. The van der Waals surface area contributed by atoms with Crippen molar-refractivity contribution >= 4 is 27.5 Å². The van der Waals surface area contributed by atoms with Crippen molar-refractivity contribution in [1.29, 1.82) is 0 Å². The van der Waals surface area contributed by atoms with Gasteiger partial charge < -0.3 is 15.2 Å². The number of amides is 1. The summed E-state index contributed by atoms with van der Waals surface area (Å²) in [7, 11) is 1.46. The van der Waals surface area contributed by atoms with E-state index < -0.39 is 11.7 Å². The summed E-state index contributed by atoms with van der Waals surface area (Å²) in [5.74, 6) is -0.784. The molecule has 0 bridgehead atoms. The van der Waals surface area contributed by atoms with E-state index in [0.717, 1.165) is 0 Å². The molecular weight excluding hydrogens is 329 g/mol. The summed E-state index contributed by atoms with van der Waals surface area (Å²) < 4.78 is 18.7. The Bertz CT molecular complexity index is 661. The highest BCUT2D eigenvalue weighted by Crippen LogP contribution is 2.27. The lowest BCUT2D eigenvalue weighted by Gasteiger charge is -2.10. The van der Waals surface area contributed by atoms with Crippen LogP contribution >= 0.6 is 15.9 Å². The largest absolute Gasteiger partial charge is 0.507 e. The van der Waals surface area contributed by atoms with Gasteiger partial charge in [-0.05, 0) is 52.3 Å². The lowest BCUT2D eigenvalue weighted by atomic mass is 10.1. The van der Waals surface area contributed by atoms with Gasteiger partial charge in [-0.2, -0.15) is 0 Å². The maximum absolute atomic E-state index is 13.2. The molecule has 6 heteroatoms. The molecule has 2 aromatic rings. The van der Waals surface area contributed by atoms with Crippen molar-refractivity contribution in [3.05, 3.63) is 52.3 Å². The van der Waals surface area contributed by atoms with Crippen LogP contribution in [0.5, 0.6) is 11.5 Å². The first-order valence-electron chi connectivity index (χ1n) is 5.64. The van der Waals surface area contributed by atoms with Gasteiger partial charge in [0.05, 0.1) is 18.4 Å². The van der Waals surface area contributed by atoms with Crippen molar-refractivity contribution in [2.45, 2.75) is 0 Å². The maximum Gasteiger partial charge on any atom is 0.259 e. The average molecular weight is 340 g/mol. The second-order valence-electron chi connectivity index (χ2n) is 3.96. The molecular formula is C14H11BrFNO3. The highest BCUT2D eigenvalue weighted by atomic mass is 79.9. The average Bonchev–Trinajstić information content (AvgIpc) is 2.43. The Morgan fingerprint density at radius 3 is 2.75 bits per heavy atom. The van der Waals surface area contributed by atoms with Crippen LogP contribution in [0.15, 0.2) is 40.9 Å². The van der Waals surface area contributed by atoms with Gasteiger partial charge in [0.2, 0.25) is 0 Å². The molecule has 0 unspecified atom stereocenters. The quantitative estimate of drug-likeness (QED) is 0.898. The number of phenols is 1. The Balaban J connectivity index is 2.30. The van der Waals surface area contributed by atoms with Gasteiger partial charge in [-0.25, -0.2) is 4.39 Å². The predicted octanol–water partition coefficient (Wildman–Crippen LogP) is 3.55. The normalized spacial score (nSPS) is 10.2. The minimum atomic E-state index is -0.562. The molecule has 4 nitrogen and oxygen atoms in total. The standard InChI is InChI=1S/C14H11BrFNO3/c1-20-9-3-5-13(18)10(7-9)14(19)17-12-6-8(16)2-4-11(12)15/h2-7,18H,1H3,(H,17,19). The SMILES string of the molecule is COc1ccc(O)c(C(=O)Nc2cc(F)ccc2Br)c1. The van der Waals surface area contributed by atoms with Crippen LogP contribution in [0.25, 0.3) is 0 Å². The molecule has 2 N–H and O–H groups in total. The third kappa shape index (κ3) is 3.08. The van der Waals surface area contributed by atoms with E-state index in [9.17, 15) is 14.3 Å². The summed E-state index contributed by atoms with van der Waals surface area (Å²) in [6.07, 6.45) is 0. The number of ether oxygens (including phenoxy) is 1. The number of methoxy groups -OCH3 is 1. The Labute approximate surface area is 123 Å². The number of halogens is 2. The van der Waals surface area contributed by atoms with Crippen molar-refractivity contribution in [2.24, 2.45) is 0 Å². The first kappa shape index (κ1) is 14.3. The topological polar surface area (TPSA) is 58.6 Å². The van der Waals surface area contributed by atoms with E-state index in [0.29, 0.717) is 10.2 Å². The molecule has 0 saturated heterocycles. The maximum atomic E-state index is 13.2. The summed E-state index contributed by atoms with van der Waals surface area (Å²) in [6, 6.07) is 8.22. The zero-order valence-electron chi connectivity index (χ0n) is 10.5. The highest BCUT2D eigenvalue weighted by Gasteiger charge is 2.14. The van der Waals surface area contributed by atoms with Gasteiger partial charge in [0, 0.05) is 4.47 Å². The zero-order valence-corrected chi connectivity index (χ0v) is 12.1. The summed E-state index contributed by atoms with van der Waals surface area (Å²) >= 11 is 3.21. The first-order chi connectivity index (χ1) is 9.51. The molecule has 2 aromatic carbocycles. The Hall–Kier alpha value is -2.08. The molecule has 0 spiro atoms. The van der Waals surface area contributed by atoms with E-state index in [1.165, 1.54) is 43.5 Å². The number of benzene rings is 2. The molecule has 0 aliphatic heterocycles. The van der Waals surface area contributed by atoms with Crippen LogP contribution < -0.4 is 10.1 Å². The van der Waals surface area contributed by atoms with Crippen LogP contribution in [0.2, 0.25) is 0 Å². The van der Waals surface area contributed by atoms with Gasteiger partial charge in [-0.15, -0.1) is 0 Å². The van der Waals surface area contributed by atoms with E-state index in [4.69, 9.17) is 4.74 Å². The first-order valence-corrected chi connectivity index (χ1v) is 6.44. The Morgan fingerprint density at radius 2 is 2.05 bits per heavy atom. The fourth-order valence-electron chi connectivity index (χ4n) is 1.61. The molecule has 104 valence electrons. The molecule has 1 amide bonds. The van der Waals surface area contributed by atoms with Gasteiger partial charge in [0.25, 0.3) is 5.91 Å². The molecule has 0 aliphatic carbocycles. The summed E-state index contributed by atoms with van der Waals surface area (Å²) in [5, 5.41) is 12.2. The van der Waals surface area contributed by atoms with Crippen LogP contribution in [0, 0.1) is 5.82 Å². The third-order valence-corrected chi connectivity index (χ3v) is 3.32. The van der Waals surface area contributed by atoms with E-state index >= 15 is 0 Å². The monoisotopic (exact) mass is 339 g/mol. The van der Waals surface area contributed by atoms with Crippen LogP contribution in [0.4, 0.5) is 10.1 Å². The van der Waals surface area contributed by atoms with Crippen LogP contribution in [0.1, 0.15) is 10.4 Å². The highest BCUT2D eigenvalue weighted by molar-refractivity contribution is 9.10. The molecule has 2 rings (SSSR count). The number of anilines is 1. The Morgan fingerprint density at radius 1 is 1.30 bits per heavy atom. The second-order valence-corrected chi connectivity index (χ2v) is 4.82. The summed E-state index contributed by atoms with van der Waals surface area (Å²) in [6.45, 7) is 0. The van der Waals surface area contributed by atoms with Crippen molar-refractivity contribution in [3.63, 3.8) is 0 Å². The minimum absolute atomic E-state index is 0.0421. The smallest absolute Gasteiger partial charge is 0.259 e. The lowest BCUT2D eigenvalue weighted by molar-refractivity contribution is 0.102. The van der Waals surface area contributed by atoms with Gasteiger partial charge in [0.15, 0.2) is 0 Å². The number of nitrogens with one attached hydrogen (secondary N) is 1. The number of carbonyl (C=O) groups is 1. The van der Waals surface area contributed by atoms with E-state index in [2.05, 4.69) is 21.2 Å². The predicted molar refractivity (Wildman–Crippen MR) is 76.7 cm³/mol. The number of rotatable bonds is 3. The summed E-state index contributed by atoms with van der Waals surface area (Å²) in [5.41, 5.74) is 0.317. The molecule has 0 saturated carbocycles. The van der Waals surface area contributed by atoms with Crippen molar-refractivity contribution in [3.8, 4) is 11.5 Å². The third-order valence-electron chi connectivity index (χ3n) is 2.62. The van der Waals surface area contributed by atoms with Gasteiger partial charge in [0.1, 0.15) is 17.3 Å². The zero-order chi connectivity index (χ0) is 14.7. The fourth-order valence-corrected chi connectivity index (χ4v) is 1.95. The van der Waals surface area contributed by atoms with Crippen LogP contribution in [-0.2, 0) is 0 Å². The minimum Gasteiger partial charge on any atom is -0.507 e. The van der Waals surface area contributed by atoms with E-state index in [1.807, 2.05) is 0 Å². The molecule has 0 aliphatic rings. The molecule has 0 heterocycles. The molecule has 0 aromatic heterocycles. The van der Waals surface area contributed by atoms with E-state index in [1.54, 1.807) is 0 Å². The molecule has 0 atom stereocenters. The van der Waals surface area contributed by atoms with Crippen LogP contribution in [0.3, 0.4) is 0 Å².